The summed E-state index contributed by atoms with van der Waals surface area (Å²) in [6, 6.07) is 0. The highest BCUT2D eigenvalue weighted by Crippen LogP contribution is 2.30. The minimum Gasteiger partial charge on any atom is -0.380 e. The van der Waals surface area contributed by atoms with Gasteiger partial charge in [-0.2, -0.15) is 5.10 Å². The SMILES string of the molecule is CCn1nc(C)c2c1N(C)CCCN2. The van der Waals surface area contributed by atoms with Crippen LogP contribution in [0.5, 0.6) is 0 Å². The molecule has 4 nitrogen and oxygen atoms in total. The van der Waals surface area contributed by atoms with E-state index in [0.717, 1.165) is 25.3 Å². The first-order valence-corrected chi connectivity index (χ1v) is 5.26. The molecule has 4 heteroatoms. The summed E-state index contributed by atoms with van der Waals surface area (Å²) in [5.41, 5.74) is 2.32. The quantitative estimate of drug-likeness (QED) is 0.734. The fourth-order valence-corrected chi connectivity index (χ4v) is 2.02. The van der Waals surface area contributed by atoms with Crippen LogP contribution in [-0.4, -0.2) is 29.9 Å². The van der Waals surface area contributed by atoms with Crippen LogP contribution in [0, 0.1) is 6.92 Å². The van der Waals surface area contributed by atoms with Gasteiger partial charge in [0.2, 0.25) is 0 Å². The van der Waals surface area contributed by atoms with Crippen molar-refractivity contribution in [3.63, 3.8) is 0 Å². The number of fused-ring (bicyclic) bond motifs is 1. The fraction of sp³-hybridized carbons (Fsp3) is 0.700. The lowest BCUT2D eigenvalue weighted by Gasteiger charge is -2.18. The summed E-state index contributed by atoms with van der Waals surface area (Å²) >= 11 is 0. The summed E-state index contributed by atoms with van der Waals surface area (Å²) in [4.78, 5) is 2.29. The van der Waals surface area contributed by atoms with Crippen LogP contribution in [-0.2, 0) is 6.54 Å². The van der Waals surface area contributed by atoms with E-state index in [0.29, 0.717) is 0 Å². The molecular formula is C10H18N4. The highest BCUT2D eigenvalue weighted by atomic mass is 15.4. The molecule has 0 atom stereocenters. The van der Waals surface area contributed by atoms with E-state index in [-0.39, 0.29) is 0 Å². The van der Waals surface area contributed by atoms with Crippen molar-refractivity contribution < 1.29 is 0 Å². The Hall–Kier alpha value is -1.19. The van der Waals surface area contributed by atoms with Crippen molar-refractivity contribution >= 4 is 11.5 Å². The van der Waals surface area contributed by atoms with Crippen LogP contribution in [0.15, 0.2) is 0 Å². The van der Waals surface area contributed by atoms with E-state index in [2.05, 4.69) is 40.9 Å². The van der Waals surface area contributed by atoms with Crippen LogP contribution >= 0.6 is 0 Å². The zero-order valence-electron chi connectivity index (χ0n) is 9.17. The summed E-state index contributed by atoms with van der Waals surface area (Å²) in [5, 5.41) is 7.97. The Kier molecular flexibility index (Phi) is 2.35. The molecule has 0 aliphatic carbocycles. The first kappa shape index (κ1) is 9.37. The molecule has 1 N–H and O–H groups in total. The molecule has 2 heterocycles. The van der Waals surface area contributed by atoms with Crippen LogP contribution in [0.3, 0.4) is 0 Å². The lowest BCUT2D eigenvalue weighted by atomic mass is 10.3. The third kappa shape index (κ3) is 1.35. The highest BCUT2D eigenvalue weighted by molar-refractivity contribution is 5.69. The predicted molar refractivity (Wildman–Crippen MR) is 59.0 cm³/mol. The second kappa shape index (κ2) is 3.52. The van der Waals surface area contributed by atoms with E-state index >= 15 is 0 Å². The van der Waals surface area contributed by atoms with Gasteiger partial charge in [0.05, 0.1) is 5.69 Å². The molecule has 78 valence electrons. The van der Waals surface area contributed by atoms with Gasteiger partial charge in [-0.1, -0.05) is 0 Å². The second-order valence-electron chi connectivity index (χ2n) is 3.80. The molecule has 0 saturated carbocycles. The van der Waals surface area contributed by atoms with E-state index in [1.807, 2.05) is 0 Å². The van der Waals surface area contributed by atoms with E-state index in [4.69, 9.17) is 0 Å². The van der Waals surface area contributed by atoms with Crippen molar-refractivity contribution in [3.8, 4) is 0 Å². The maximum atomic E-state index is 4.52. The van der Waals surface area contributed by atoms with Gasteiger partial charge in [-0.15, -0.1) is 0 Å². The Balaban J connectivity index is 2.49. The smallest absolute Gasteiger partial charge is 0.150 e. The van der Waals surface area contributed by atoms with E-state index in [9.17, 15) is 0 Å². The maximum Gasteiger partial charge on any atom is 0.150 e. The van der Waals surface area contributed by atoms with Crippen molar-refractivity contribution in [2.24, 2.45) is 0 Å². The van der Waals surface area contributed by atoms with Crippen LogP contribution in [0.4, 0.5) is 11.5 Å². The molecule has 1 aromatic rings. The van der Waals surface area contributed by atoms with Crippen molar-refractivity contribution in [1.82, 2.24) is 9.78 Å². The number of hydrogen-bond donors (Lipinski definition) is 1. The first-order chi connectivity index (χ1) is 6.74. The van der Waals surface area contributed by atoms with Gasteiger partial charge >= 0.3 is 0 Å². The van der Waals surface area contributed by atoms with Crippen molar-refractivity contribution in [2.45, 2.75) is 26.8 Å². The standard InChI is InChI=1S/C10H18N4/c1-4-14-10-9(8(2)12-14)11-6-5-7-13(10)3/h11H,4-7H2,1-3H3. The average molecular weight is 194 g/mol. The van der Waals surface area contributed by atoms with Crippen LogP contribution in [0.2, 0.25) is 0 Å². The molecule has 14 heavy (non-hydrogen) atoms. The largest absolute Gasteiger partial charge is 0.380 e. The summed E-state index contributed by atoms with van der Waals surface area (Å²) < 4.78 is 2.07. The predicted octanol–water partition coefficient (Wildman–Crippen LogP) is 1.46. The number of rotatable bonds is 1. The lowest BCUT2D eigenvalue weighted by Crippen LogP contribution is -2.21. The third-order valence-electron chi connectivity index (χ3n) is 2.73. The minimum atomic E-state index is 0.933. The van der Waals surface area contributed by atoms with Gasteiger partial charge in [0.15, 0.2) is 5.82 Å². The van der Waals surface area contributed by atoms with Gasteiger partial charge in [-0.3, -0.25) is 0 Å². The zero-order valence-corrected chi connectivity index (χ0v) is 9.17. The molecule has 0 aromatic carbocycles. The number of aromatic nitrogens is 2. The van der Waals surface area contributed by atoms with Gasteiger partial charge in [-0.25, -0.2) is 4.68 Å². The molecule has 2 rings (SSSR count). The average Bonchev–Trinajstić information content (AvgIpc) is 2.36. The van der Waals surface area contributed by atoms with Gasteiger partial charge in [0, 0.05) is 26.7 Å². The molecule has 1 aliphatic rings. The Bertz CT molecular complexity index is 329. The van der Waals surface area contributed by atoms with Gasteiger partial charge in [0.1, 0.15) is 5.69 Å². The van der Waals surface area contributed by atoms with Gasteiger partial charge in [-0.05, 0) is 20.3 Å². The highest BCUT2D eigenvalue weighted by Gasteiger charge is 2.19. The summed E-state index contributed by atoms with van der Waals surface area (Å²) in [6.07, 6.45) is 1.19. The van der Waals surface area contributed by atoms with E-state index in [1.54, 1.807) is 0 Å². The topological polar surface area (TPSA) is 33.1 Å². The van der Waals surface area contributed by atoms with E-state index in [1.165, 1.54) is 17.9 Å². The number of nitrogens with one attached hydrogen (secondary N) is 1. The van der Waals surface area contributed by atoms with Crippen LogP contribution in [0.25, 0.3) is 0 Å². The molecular weight excluding hydrogens is 176 g/mol. The number of nitrogens with zero attached hydrogens (tertiary/aromatic N) is 3. The van der Waals surface area contributed by atoms with Crippen molar-refractivity contribution in [2.75, 3.05) is 30.4 Å². The number of aryl methyl sites for hydroxylation is 2. The lowest BCUT2D eigenvalue weighted by molar-refractivity contribution is 0.639. The number of hydrogen-bond acceptors (Lipinski definition) is 3. The van der Waals surface area contributed by atoms with Crippen LogP contribution in [0.1, 0.15) is 19.0 Å². The summed E-state index contributed by atoms with van der Waals surface area (Å²) in [7, 11) is 2.14. The Labute approximate surface area is 84.9 Å². The monoisotopic (exact) mass is 194 g/mol. The van der Waals surface area contributed by atoms with Crippen molar-refractivity contribution in [1.29, 1.82) is 0 Å². The van der Waals surface area contributed by atoms with Gasteiger partial charge < -0.3 is 10.2 Å². The molecule has 0 bridgehead atoms. The molecule has 1 aliphatic heterocycles. The maximum absolute atomic E-state index is 4.52. The first-order valence-electron chi connectivity index (χ1n) is 5.26. The van der Waals surface area contributed by atoms with Gasteiger partial charge in [0.25, 0.3) is 0 Å². The molecule has 0 fully saturated rings. The fourth-order valence-electron chi connectivity index (χ4n) is 2.02. The normalized spacial score (nSPS) is 16.1. The molecule has 0 unspecified atom stereocenters. The van der Waals surface area contributed by atoms with Crippen LogP contribution < -0.4 is 10.2 Å². The molecule has 1 aromatic heterocycles. The van der Waals surface area contributed by atoms with Crippen molar-refractivity contribution in [3.05, 3.63) is 5.69 Å². The Morgan fingerprint density at radius 1 is 1.50 bits per heavy atom. The molecule has 0 saturated heterocycles. The third-order valence-corrected chi connectivity index (χ3v) is 2.73. The minimum absolute atomic E-state index is 0.933. The number of anilines is 2. The zero-order chi connectivity index (χ0) is 10.1. The second-order valence-corrected chi connectivity index (χ2v) is 3.80. The Morgan fingerprint density at radius 3 is 3.00 bits per heavy atom. The molecule has 0 amide bonds. The van der Waals surface area contributed by atoms with E-state index < -0.39 is 0 Å². The molecule has 0 radical (unpaired) electrons. The Morgan fingerprint density at radius 2 is 2.29 bits per heavy atom. The molecule has 0 spiro atoms. The summed E-state index contributed by atoms with van der Waals surface area (Å²) in [5.74, 6) is 1.24. The summed E-state index contributed by atoms with van der Waals surface area (Å²) in [6.45, 7) is 7.28.